The molecule has 2 aliphatic carbocycles. The fourth-order valence-corrected chi connectivity index (χ4v) is 4.15. The molecular weight excluding hydrogens is 309 g/mol. The minimum atomic E-state index is -0.889. The molecule has 2 aliphatic rings. The van der Waals surface area contributed by atoms with Gasteiger partial charge in [0.05, 0.1) is 10.7 Å². The third-order valence-corrected chi connectivity index (χ3v) is 5.73. The van der Waals surface area contributed by atoms with Gasteiger partial charge in [0.2, 0.25) is 5.91 Å². The van der Waals surface area contributed by atoms with Crippen LogP contribution in [0.3, 0.4) is 0 Å². The number of benzene rings is 1. The molecule has 1 N–H and O–H groups in total. The second-order valence-electron chi connectivity index (χ2n) is 6.65. The van der Waals surface area contributed by atoms with E-state index in [2.05, 4.69) is 5.32 Å². The number of halogens is 2. The molecule has 0 spiro atoms. The molecule has 2 fully saturated rings. The number of amides is 1. The van der Waals surface area contributed by atoms with E-state index in [1.807, 2.05) is 13.8 Å². The van der Waals surface area contributed by atoms with Crippen molar-refractivity contribution in [1.82, 2.24) is 0 Å². The van der Waals surface area contributed by atoms with Crippen molar-refractivity contribution >= 4 is 40.6 Å². The van der Waals surface area contributed by atoms with Crippen LogP contribution < -0.4 is 5.32 Å². The van der Waals surface area contributed by atoms with E-state index in [1.54, 1.807) is 18.2 Å². The maximum Gasteiger partial charge on any atom is 0.238 e. The van der Waals surface area contributed by atoms with Crippen LogP contribution in [0.15, 0.2) is 18.2 Å². The molecular formula is C16H17Cl2NO2. The first-order valence-electron chi connectivity index (χ1n) is 7.09. The number of ketones is 1. The van der Waals surface area contributed by atoms with Gasteiger partial charge in [-0.1, -0.05) is 37.0 Å². The van der Waals surface area contributed by atoms with Gasteiger partial charge in [-0.25, -0.2) is 0 Å². The Bertz CT molecular complexity index is 641. The monoisotopic (exact) mass is 325 g/mol. The summed E-state index contributed by atoms with van der Waals surface area (Å²) >= 11 is 12.0. The van der Waals surface area contributed by atoms with Crippen molar-refractivity contribution in [1.29, 1.82) is 0 Å². The number of Topliss-reactive ketones (excluding diaryl/α,β-unsaturated/α-hetero) is 1. The molecule has 3 nitrogen and oxygen atoms in total. The highest BCUT2D eigenvalue weighted by Crippen LogP contribution is 2.60. The van der Waals surface area contributed by atoms with Crippen LogP contribution in [0.2, 0.25) is 10.0 Å². The Morgan fingerprint density at radius 1 is 1.33 bits per heavy atom. The summed E-state index contributed by atoms with van der Waals surface area (Å²) in [5.74, 6) is 0.109. The van der Waals surface area contributed by atoms with E-state index in [0.717, 1.165) is 6.42 Å². The first kappa shape index (κ1) is 14.9. The predicted molar refractivity (Wildman–Crippen MR) is 83.7 cm³/mol. The Hall–Kier alpha value is -1.06. The van der Waals surface area contributed by atoms with Crippen LogP contribution in [0.5, 0.6) is 0 Å². The molecule has 3 rings (SSSR count). The van der Waals surface area contributed by atoms with Gasteiger partial charge < -0.3 is 5.32 Å². The fraction of sp³-hybridized carbons (Fsp3) is 0.500. The van der Waals surface area contributed by atoms with Crippen LogP contribution in [-0.2, 0) is 9.59 Å². The van der Waals surface area contributed by atoms with E-state index < -0.39 is 10.8 Å². The van der Waals surface area contributed by atoms with E-state index in [1.165, 1.54) is 0 Å². The lowest BCUT2D eigenvalue weighted by atomic mass is 9.70. The summed E-state index contributed by atoms with van der Waals surface area (Å²) in [5.41, 5.74) is -0.836. The molecule has 0 saturated heterocycles. The lowest BCUT2D eigenvalue weighted by molar-refractivity contribution is -0.142. The van der Waals surface area contributed by atoms with Crippen molar-refractivity contribution in [2.24, 2.45) is 16.7 Å². The highest BCUT2D eigenvalue weighted by molar-refractivity contribution is 6.36. The molecule has 0 aliphatic heterocycles. The maximum atomic E-state index is 12.7. The summed E-state index contributed by atoms with van der Waals surface area (Å²) < 4.78 is 0. The summed E-state index contributed by atoms with van der Waals surface area (Å²) in [4.78, 5) is 25.4. The summed E-state index contributed by atoms with van der Waals surface area (Å²) in [7, 11) is 0. The number of hydrogen-bond acceptors (Lipinski definition) is 2. The van der Waals surface area contributed by atoms with Crippen LogP contribution in [0.1, 0.15) is 33.1 Å². The van der Waals surface area contributed by atoms with Gasteiger partial charge in [-0.15, -0.1) is 0 Å². The van der Waals surface area contributed by atoms with Gasteiger partial charge in [0.1, 0.15) is 5.41 Å². The molecule has 1 aromatic rings. The molecule has 21 heavy (non-hydrogen) atoms. The molecule has 0 heterocycles. The first-order valence-corrected chi connectivity index (χ1v) is 7.84. The smallest absolute Gasteiger partial charge is 0.238 e. The zero-order chi connectivity index (χ0) is 15.4. The molecule has 2 saturated carbocycles. The Morgan fingerprint density at radius 3 is 2.67 bits per heavy atom. The number of anilines is 1. The maximum absolute atomic E-state index is 12.7. The third-order valence-electron chi connectivity index (χ3n) is 5.17. The third kappa shape index (κ3) is 2.09. The number of carbonyl (C=O) groups is 2. The fourth-order valence-electron chi connectivity index (χ4n) is 3.81. The quantitative estimate of drug-likeness (QED) is 0.823. The molecule has 1 amide bonds. The summed E-state index contributed by atoms with van der Waals surface area (Å²) in [6.07, 6.45) is 2.20. The minimum Gasteiger partial charge on any atom is -0.324 e. The van der Waals surface area contributed by atoms with Crippen LogP contribution in [-0.4, -0.2) is 11.7 Å². The Labute approximate surface area is 134 Å². The van der Waals surface area contributed by atoms with Crippen molar-refractivity contribution in [2.75, 3.05) is 5.32 Å². The standard InChI is InChI=1S/C16H17Cl2NO2/c1-15(2)9-5-6-16(8-9,13(15)20)14(21)19-12-7-10(17)3-4-11(12)18/h3-4,7,9H,5-6,8H2,1-2H3,(H,19,21)/t9-,16-/m1/s1. The zero-order valence-corrected chi connectivity index (χ0v) is 13.5. The largest absolute Gasteiger partial charge is 0.324 e. The van der Waals surface area contributed by atoms with E-state index in [9.17, 15) is 9.59 Å². The van der Waals surface area contributed by atoms with E-state index in [4.69, 9.17) is 23.2 Å². The molecule has 0 unspecified atom stereocenters. The normalized spacial score (nSPS) is 29.7. The van der Waals surface area contributed by atoms with Crippen molar-refractivity contribution < 1.29 is 9.59 Å². The first-order chi connectivity index (χ1) is 9.77. The second kappa shape index (κ2) is 4.72. The van der Waals surface area contributed by atoms with Gasteiger partial charge in [-0.2, -0.15) is 0 Å². The average Bonchev–Trinajstić information content (AvgIpc) is 2.94. The van der Waals surface area contributed by atoms with E-state index in [-0.39, 0.29) is 11.7 Å². The summed E-state index contributed by atoms with van der Waals surface area (Å²) in [6.45, 7) is 3.89. The highest BCUT2D eigenvalue weighted by atomic mass is 35.5. The van der Waals surface area contributed by atoms with Crippen LogP contribution >= 0.6 is 23.2 Å². The molecule has 0 aromatic heterocycles. The number of fused-ring (bicyclic) bond motifs is 2. The van der Waals surface area contributed by atoms with Crippen molar-refractivity contribution in [3.8, 4) is 0 Å². The number of nitrogens with one attached hydrogen (secondary N) is 1. The highest BCUT2D eigenvalue weighted by Gasteiger charge is 2.65. The van der Waals surface area contributed by atoms with Gasteiger partial charge in [0.15, 0.2) is 5.78 Å². The van der Waals surface area contributed by atoms with Gasteiger partial charge in [-0.3, -0.25) is 9.59 Å². The lowest BCUT2D eigenvalue weighted by Gasteiger charge is -2.32. The molecule has 0 radical (unpaired) electrons. The average molecular weight is 326 g/mol. The van der Waals surface area contributed by atoms with E-state index in [0.29, 0.717) is 34.5 Å². The van der Waals surface area contributed by atoms with Gasteiger partial charge >= 0.3 is 0 Å². The van der Waals surface area contributed by atoms with Gasteiger partial charge in [-0.05, 0) is 43.4 Å². The topological polar surface area (TPSA) is 46.2 Å². The Kier molecular flexibility index (Phi) is 3.34. The van der Waals surface area contributed by atoms with Crippen LogP contribution in [0.25, 0.3) is 0 Å². The number of carbonyl (C=O) groups excluding carboxylic acids is 2. The lowest BCUT2D eigenvalue weighted by Crippen LogP contribution is -2.44. The summed E-state index contributed by atoms with van der Waals surface area (Å²) in [6, 6.07) is 4.90. The minimum absolute atomic E-state index is 0.0573. The van der Waals surface area contributed by atoms with Gasteiger partial charge in [0, 0.05) is 10.4 Å². The van der Waals surface area contributed by atoms with Crippen molar-refractivity contribution in [3.63, 3.8) is 0 Å². The van der Waals surface area contributed by atoms with Crippen molar-refractivity contribution in [2.45, 2.75) is 33.1 Å². The molecule has 1 aromatic carbocycles. The van der Waals surface area contributed by atoms with Crippen LogP contribution in [0, 0.1) is 16.7 Å². The number of hydrogen-bond donors (Lipinski definition) is 1. The number of rotatable bonds is 2. The SMILES string of the molecule is CC1(C)C(=O)[C@@]2(C(=O)Nc3cc(Cl)ccc3Cl)CC[C@@H]1C2. The molecule has 2 bridgehead atoms. The Balaban J connectivity index is 1.90. The summed E-state index contributed by atoms with van der Waals surface area (Å²) in [5, 5.41) is 3.72. The van der Waals surface area contributed by atoms with Crippen molar-refractivity contribution in [3.05, 3.63) is 28.2 Å². The molecule has 5 heteroatoms. The van der Waals surface area contributed by atoms with E-state index >= 15 is 0 Å². The predicted octanol–water partition coefficient (Wildman–Crippen LogP) is 4.33. The Morgan fingerprint density at radius 2 is 2.05 bits per heavy atom. The molecule has 112 valence electrons. The zero-order valence-electron chi connectivity index (χ0n) is 12.0. The van der Waals surface area contributed by atoms with Gasteiger partial charge in [0.25, 0.3) is 0 Å². The molecule has 2 atom stereocenters. The van der Waals surface area contributed by atoms with Crippen LogP contribution in [0.4, 0.5) is 5.69 Å². The second-order valence-corrected chi connectivity index (χ2v) is 7.49.